The predicted octanol–water partition coefficient (Wildman–Crippen LogP) is 3.46. The molecular weight excluding hydrogens is 210 g/mol. The first kappa shape index (κ1) is 15.0. The molecule has 5 unspecified atom stereocenters. The molecule has 1 N–H and O–H groups in total. The van der Waals surface area contributed by atoms with E-state index in [1.807, 2.05) is 0 Å². The Kier molecular flexibility index (Phi) is 5.03. The van der Waals surface area contributed by atoms with Crippen LogP contribution in [0.1, 0.15) is 54.9 Å². The summed E-state index contributed by atoms with van der Waals surface area (Å²) in [6, 6.07) is 0.539. The lowest BCUT2D eigenvalue weighted by atomic mass is 9.72. The van der Waals surface area contributed by atoms with Crippen molar-refractivity contribution in [1.82, 2.24) is 5.32 Å². The minimum atomic E-state index is 0.287. The number of hydrogen-bond donors (Lipinski definition) is 1. The molecule has 1 aliphatic rings. The van der Waals surface area contributed by atoms with Gasteiger partial charge in [0.05, 0.1) is 12.2 Å². The van der Waals surface area contributed by atoms with Crippen LogP contribution in [0.3, 0.4) is 0 Å². The van der Waals surface area contributed by atoms with Gasteiger partial charge < -0.3 is 10.1 Å². The fraction of sp³-hybridized carbons (Fsp3) is 1.00. The van der Waals surface area contributed by atoms with Crippen LogP contribution in [0.5, 0.6) is 0 Å². The van der Waals surface area contributed by atoms with Crippen molar-refractivity contribution in [2.45, 2.75) is 73.1 Å². The van der Waals surface area contributed by atoms with Crippen molar-refractivity contribution in [2.75, 3.05) is 6.54 Å². The van der Waals surface area contributed by atoms with Crippen molar-refractivity contribution < 1.29 is 4.74 Å². The summed E-state index contributed by atoms with van der Waals surface area (Å²) >= 11 is 0. The Bertz CT molecular complexity index is 234. The van der Waals surface area contributed by atoms with Gasteiger partial charge in [0, 0.05) is 12.0 Å². The van der Waals surface area contributed by atoms with Gasteiger partial charge in [-0.2, -0.15) is 0 Å². The monoisotopic (exact) mass is 241 g/mol. The molecule has 0 amide bonds. The molecule has 0 aromatic rings. The van der Waals surface area contributed by atoms with E-state index in [0.717, 1.165) is 6.54 Å². The second-order valence-corrected chi connectivity index (χ2v) is 6.78. The van der Waals surface area contributed by atoms with E-state index < -0.39 is 0 Å². The van der Waals surface area contributed by atoms with E-state index in [9.17, 15) is 0 Å². The molecule has 0 aliphatic carbocycles. The molecule has 1 saturated heterocycles. The molecule has 17 heavy (non-hydrogen) atoms. The zero-order valence-corrected chi connectivity index (χ0v) is 12.7. The smallest absolute Gasteiger partial charge is 0.0597 e. The molecule has 1 fully saturated rings. The zero-order chi connectivity index (χ0) is 13.2. The van der Waals surface area contributed by atoms with E-state index >= 15 is 0 Å². The van der Waals surface area contributed by atoms with E-state index in [-0.39, 0.29) is 5.41 Å². The van der Waals surface area contributed by atoms with Gasteiger partial charge in [-0.1, -0.05) is 34.6 Å². The van der Waals surface area contributed by atoms with Crippen molar-refractivity contribution in [3.05, 3.63) is 0 Å². The van der Waals surface area contributed by atoms with E-state index in [1.165, 1.54) is 6.42 Å². The van der Waals surface area contributed by atoms with Crippen LogP contribution in [0, 0.1) is 17.3 Å². The van der Waals surface area contributed by atoms with Gasteiger partial charge in [0.1, 0.15) is 0 Å². The third-order valence-electron chi connectivity index (χ3n) is 4.25. The van der Waals surface area contributed by atoms with Crippen LogP contribution in [-0.4, -0.2) is 24.8 Å². The van der Waals surface area contributed by atoms with Crippen LogP contribution in [0.15, 0.2) is 0 Å². The normalized spacial score (nSPS) is 36.2. The first-order chi connectivity index (χ1) is 7.79. The second-order valence-electron chi connectivity index (χ2n) is 6.78. The number of nitrogens with one attached hydrogen (secondary N) is 1. The Morgan fingerprint density at radius 3 is 2.06 bits per heavy atom. The van der Waals surface area contributed by atoms with Gasteiger partial charge in [0.25, 0.3) is 0 Å². The lowest BCUT2D eigenvalue weighted by molar-refractivity contribution is 0.0402. The summed E-state index contributed by atoms with van der Waals surface area (Å²) in [5.41, 5.74) is 0.287. The number of hydrogen-bond acceptors (Lipinski definition) is 2. The molecule has 5 atom stereocenters. The molecular formula is C15H31NO. The predicted molar refractivity (Wildman–Crippen MR) is 74.2 cm³/mol. The standard InChI is InChI=1S/C15H31NO/c1-8-9-16-14(15(5,6)7)13-10(2)11(3)17-12(13)4/h10-14,16H,8-9H2,1-7H3. The molecule has 1 rings (SSSR count). The molecule has 102 valence electrons. The van der Waals surface area contributed by atoms with Gasteiger partial charge in [-0.05, 0) is 38.1 Å². The molecule has 2 nitrogen and oxygen atoms in total. The quantitative estimate of drug-likeness (QED) is 0.814. The van der Waals surface area contributed by atoms with Crippen molar-refractivity contribution >= 4 is 0 Å². The molecule has 0 aromatic carbocycles. The minimum Gasteiger partial charge on any atom is -0.375 e. The summed E-state index contributed by atoms with van der Waals surface area (Å²) in [6.07, 6.45) is 1.95. The second kappa shape index (κ2) is 5.71. The Morgan fingerprint density at radius 1 is 1.12 bits per heavy atom. The van der Waals surface area contributed by atoms with Crippen molar-refractivity contribution in [1.29, 1.82) is 0 Å². The van der Waals surface area contributed by atoms with Gasteiger partial charge in [-0.25, -0.2) is 0 Å². The van der Waals surface area contributed by atoms with Crippen molar-refractivity contribution in [3.63, 3.8) is 0 Å². The molecule has 1 aliphatic heterocycles. The molecule has 0 spiro atoms. The maximum atomic E-state index is 6.00. The van der Waals surface area contributed by atoms with Gasteiger partial charge in [-0.15, -0.1) is 0 Å². The topological polar surface area (TPSA) is 21.3 Å². The minimum absolute atomic E-state index is 0.287. The van der Waals surface area contributed by atoms with E-state index in [2.05, 4.69) is 53.8 Å². The van der Waals surface area contributed by atoms with E-state index in [0.29, 0.717) is 30.1 Å². The van der Waals surface area contributed by atoms with E-state index in [1.54, 1.807) is 0 Å². The van der Waals surface area contributed by atoms with Crippen LogP contribution in [0.4, 0.5) is 0 Å². The molecule has 0 aromatic heterocycles. The summed E-state index contributed by atoms with van der Waals surface area (Å²) in [7, 11) is 0. The summed E-state index contributed by atoms with van der Waals surface area (Å²) in [5.74, 6) is 1.26. The molecule has 0 saturated carbocycles. The summed E-state index contributed by atoms with van der Waals surface area (Å²) in [6.45, 7) is 17.1. The van der Waals surface area contributed by atoms with Gasteiger partial charge in [0.2, 0.25) is 0 Å². The maximum absolute atomic E-state index is 6.00. The fourth-order valence-corrected chi connectivity index (χ4v) is 3.19. The van der Waals surface area contributed by atoms with Gasteiger partial charge in [-0.3, -0.25) is 0 Å². The van der Waals surface area contributed by atoms with Crippen LogP contribution >= 0.6 is 0 Å². The largest absolute Gasteiger partial charge is 0.375 e. The third kappa shape index (κ3) is 3.45. The summed E-state index contributed by atoms with van der Waals surface area (Å²) in [5, 5.41) is 3.75. The average Bonchev–Trinajstić information content (AvgIpc) is 2.43. The SMILES string of the molecule is CCCNC(C1C(C)OC(C)C1C)C(C)(C)C. The van der Waals surface area contributed by atoms with Crippen LogP contribution in [0.25, 0.3) is 0 Å². The van der Waals surface area contributed by atoms with Crippen LogP contribution < -0.4 is 5.32 Å². The first-order valence-corrected chi connectivity index (χ1v) is 7.17. The Labute approximate surface area is 108 Å². The van der Waals surface area contributed by atoms with Gasteiger partial charge in [0.15, 0.2) is 0 Å². The Morgan fingerprint density at radius 2 is 1.71 bits per heavy atom. The zero-order valence-electron chi connectivity index (χ0n) is 12.7. The lowest BCUT2D eigenvalue weighted by Gasteiger charge is -2.39. The highest BCUT2D eigenvalue weighted by Gasteiger charge is 2.45. The molecule has 2 heteroatoms. The van der Waals surface area contributed by atoms with Crippen LogP contribution in [0.2, 0.25) is 0 Å². The third-order valence-corrected chi connectivity index (χ3v) is 4.25. The highest BCUT2D eigenvalue weighted by Crippen LogP contribution is 2.40. The Hall–Kier alpha value is -0.0800. The van der Waals surface area contributed by atoms with Crippen molar-refractivity contribution in [3.8, 4) is 0 Å². The molecule has 1 heterocycles. The fourth-order valence-electron chi connectivity index (χ4n) is 3.19. The highest BCUT2D eigenvalue weighted by atomic mass is 16.5. The first-order valence-electron chi connectivity index (χ1n) is 7.17. The van der Waals surface area contributed by atoms with Crippen LogP contribution in [-0.2, 0) is 4.74 Å². The highest BCUT2D eigenvalue weighted by molar-refractivity contribution is 4.96. The lowest BCUT2D eigenvalue weighted by Crippen LogP contribution is -2.50. The number of ether oxygens (including phenoxy) is 1. The summed E-state index contributed by atoms with van der Waals surface area (Å²) in [4.78, 5) is 0. The molecule has 0 radical (unpaired) electrons. The average molecular weight is 241 g/mol. The summed E-state index contributed by atoms with van der Waals surface area (Å²) < 4.78 is 6.00. The van der Waals surface area contributed by atoms with Crippen molar-refractivity contribution in [2.24, 2.45) is 17.3 Å². The molecule has 0 bridgehead atoms. The Balaban J connectivity index is 2.82. The number of rotatable bonds is 4. The van der Waals surface area contributed by atoms with Gasteiger partial charge >= 0.3 is 0 Å². The maximum Gasteiger partial charge on any atom is 0.0597 e. The van der Waals surface area contributed by atoms with E-state index in [4.69, 9.17) is 4.74 Å².